The summed E-state index contributed by atoms with van der Waals surface area (Å²) in [6, 6.07) is 0. The van der Waals surface area contributed by atoms with Crippen molar-refractivity contribution in [1.29, 1.82) is 0 Å². The van der Waals surface area contributed by atoms with Gasteiger partial charge in [0.15, 0.2) is 0 Å². The Balaban J connectivity index is 0.805. The monoisotopic (exact) mass is 1280 g/mol. The summed E-state index contributed by atoms with van der Waals surface area (Å²) in [5, 5.41) is 84.5. The molecule has 3 fully saturated rings. The minimum Gasteiger partial charge on any atom is -0.390 e. The van der Waals surface area contributed by atoms with Crippen LogP contribution < -0.4 is 5.73 Å². The molecular weight excluding hydrogens is 1180 g/mol. The Hall–Kier alpha value is -3.58. The minimum absolute atomic E-state index is 0.0475. The second-order valence-corrected chi connectivity index (χ2v) is 21.3. The summed E-state index contributed by atoms with van der Waals surface area (Å²) in [6.45, 7) is 11.5. The molecule has 0 amide bonds. The molecule has 3 aliphatic rings. The van der Waals surface area contributed by atoms with Crippen molar-refractivity contribution < 1.29 is 116 Å². The Morgan fingerprint density at radius 1 is 0.360 bits per heavy atom. The average Bonchev–Trinajstić information content (AvgIpc) is 4.54. The fourth-order valence-electron chi connectivity index (χ4n) is 8.81. The van der Waals surface area contributed by atoms with Crippen LogP contribution in [-0.4, -0.2) is 334 Å². The Kier molecular flexibility index (Phi) is 38.2. The first-order valence-corrected chi connectivity index (χ1v) is 30.6. The van der Waals surface area contributed by atoms with Gasteiger partial charge < -0.3 is 122 Å². The van der Waals surface area contributed by atoms with E-state index in [0.717, 1.165) is 0 Å². The number of aromatic nitrogens is 9. The highest BCUT2D eigenvalue weighted by atomic mass is 16.6. The molecule has 3 aliphatic heterocycles. The summed E-state index contributed by atoms with van der Waals surface area (Å²) in [7, 11) is 0. The zero-order chi connectivity index (χ0) is 62.8. The van der Waals surface area contributed by atoms with Gasteiger partial charge in [-0.25, -0.2) is 14.0 Å². The zero-order valence-electron chi connectivity index (χ0n) is 51.1. The van der Waals surface area contributed by atoms with E-state index in [1.54, 1.807) is 32.6 Å². The summed E-state index contributed by atoms with van der Waals surface area (Å²) >= 11 is 0. The molecule has 0 bridgehead atoms. The first-order valence-electron chi connectivity index (χ1n) is 30.6. The number of hydrogen-bond donors (Lipinski definition) is 7. The van der Waals surface area contributed by atoms with Gasteiger partial charge in [-0.3, -0.25) is 0 Å². The molecule has 6 heterocycles. The second kappa shape index (κ2) is 45.7. The second-order valence-electron chi connectivity index (χ2n) is 21.3. The number of rotatable bonds is 54. The standard InChI is InChI=1S/C55H98N10O24/c56-55(40-84-34-43-31-63(60-57-43)4-10-72-13-16-75-19-22-78-25-28-81-37-49-52(69)46(66)1-7-87-49,41-85-35-44-32-64(61-58-44)5-11-73-14-17-76-20-23-79-26-29-82-38-50-53(70)47(67)2-8-88-50)42-86-36-45-33-65(62-59-45)6-12-74-15-18-77-21-24-80-27-30-83-39-51-54(71)48(68)3-9-89-51/h31-33,46-54,66-71H,1-30,34-42,56H2/t46-,47-,48-,49-,50-,51-,52-,53-,54-/m1/s1. The van der Waals surface area contributed by atoms with E-state index < -0.39 is 60.5 Å². The third kappa shape index (κ3) is 31.7. The van der Waals surface area contributed by atoms with Crippen molar-refractivity contribution in [3.8, 4) is 0 Å². The lowest BCUT2D eigenvalue weighted by Crippen LogP contribution is -2.52. The third-order valence-corrected chi connectivity index (χ3v) is 13.8. The van der Waals surface area contributed by atoms with Crippen LogP contribution in [-0.2, 0) is 125 Å². The van der Waals surface area contributed by atoms with E-state index in [-0.39, 0.29) is 59.5 Å². The number of aliphatic hydroxyl groups is 6. The van der Waals surface area contributed by atoms with Crippen molar-refractivity contribution in [3.05, 3.63) is 35.7 Å². The Labute approximate surface area is 518 Å². The molecule has 34 heteroatoms. The molecular formula is C55H98N10O24. The fourth-order valence-corrected chi connectivity index (χ4v) is 8.81. The van der Waals surface area contributed by atoms with Crippen LogP contribution >= 0.6 is 0 Å². The molecule has 0 radical (unpaired) electrons. The van der Waals surface area contributed by atoms with Crippen LogP contribution in [0.25, 0.3) is 0 Å². The zero-order valence-corrected chi connectivity index (χ0v) is 51.1. The summed E-state index contributed by atoms with van der Waals surface area (Å²) in [5.41, 5.74) is 7.58. The van der Waals surface area contributed by atoms with Crippen LogP contribution in [0.4, 0.5) is 0 Å². The molecule has 0 spiro atoms. The molecule has 6 rings (SSSR count). The highest BCUT2D eigenvalue weighted by molar-refractivity contribution is 4.94. The molecule has 0 unspecified atom stereocenters. The normalized spacial score (nSPS) is 22.6. The van der Waals surface area contributed by atoms with E-state index in [1.807, 2.05) is 0 Å². The molecule has 8 N–H and O–H groups in total. The van der Waals surface area contributed by atoms with E-state index in [9.17, 15) is 30.6 Å². The number of nitrogens with zero attached hydrogens (tertiary/aromatic N) is 9. The molecule has 0 aliphatic carbocycles. The van der Waals surface area contributed by atoms with Crippen molar-refractivity contribution in [2.75, 3.05) is 198 Å². The number of nitrogens with two attached hydrogens (primary N) is 1. The molecule has 512 valence electrons. The van der Waals surface area contributed by atoms with Gasteiger partial charge in [-0.1, -0.05) is 15.6 Å². The van der Waals surface area contributed by atoms with Crippen molar-refractivity contribution in [2.45, 2.75) is 119 Å². The minimum atomic E-state index is -1.10. The maximum Gasteiger partial charge on any atom is 0.109 e. The topological polar surface area (TPSA) is 406 Å². The van der Waals surface area contributed by atoms with Gasteiger partial charge in [-0.2, -0.15) is 0 Å². The van der Waals surface area contributed by atoms with Crippen LogP contribution in [0.2, 0.25) is 0 Å². The molecule has 0 saturated carbocycles. The van der Waals surface area contributed by atoms with Crippen LogP contribution in [0.15, 0.2) is 18.6 Å². The molecule has 89 heavy (non-hydrogen) atoms. The molecule has 3 aromatic heterocycles. The van der Waals surface area contributed by atoms with Gasteiger partial charge >= 0.3 is 0 Å². The summed E-state index contributed by atoms with van der Waals surface area (Å²) in [5.74, 6) is 0. The van der Waals surface area contributed by atoms with Gasteiger partial charge in [0, 0.05) is 19.8 Å². The van der Waals surface area contributed by atoms with Crippen molar-refractivity contribution >= 4 is 0 Å². The molecule has 3 saturated heterocycles. The van der Waals surface area contributed by atoms with Crippen LogP contribution in [0, 0.1) is 0 Å². The lowest BCUT2D eigenvalue weighted by molar-refractivity contribution is -0.156. The van der Waals surface area contributed by atoms with Crippen LogP contribution in [0.3, 0.4) is 0 Å². The van der Waals surface area contributed by atoms with E-state index in [1.165, 1.54) is 0 Å². The Bertz CT molecular complexity index is 1960. The SMILES string of the molecule is NC(COCc1cn(CCOCCOCCOCCOC[C@H]2OCC[C@@H](O)[C@H]2O)nn1)(COCc1cn(CCOCCOCCOCCOC[C@H]2OCC[C@@H](O)[C@H]2O)nn1)COCc1cn(CCOCCOCCOCCOC[C@H]2OCC[C@@H](O)[C@H]2O)nn1. The van der Waals surface area contributed by atoms with Gasteiger partial charge in [-0.05, 0) is 19.3 Å². The maximum absolute atomic E-state index is 9.97. The highest BCUT2D eigenvalue weighted by Gasteiger charge is 2.34. The van der Waals surface area contributed by atoms with Crippen molar-refractivity contribution in [1.82, 2.24) is 45.0 Å². The quantitative estimate of drug-likeness (QED) is 0.0264. The summed E-state index contributed by atoms with van der Waals surface area (Å²) in [6.07, 6.45) is -0.341. The number of ether oxygens (including phenoxy) is 18. The van der Waals surface area contributed by atoms with E-state index in [2.05, 4.69) is 30.9 Å². The fraction of sp³-hybridized carbons (Fsp3) is 0.891. The van der Waals surface area contributed by atoms with Crippen LogP contribution in [0.1, 0.15) is 36.3 Å². The summed E-state index contributed by atoms with van der Waals surface area (Å²) < 4.78 is 106. The molecule has 34 nitrogen and oxygen atoms in total. The molecule has 0 aromatic carbocycles. The van der Waals surface area contributed by atoms with Gasteiger partial charge in [0.25, 0.3) is 0 Å². The van der Waals surface area contributed by atoms with Gasteiger partial charge in [0.05, 0.1) is 260 Å². The smallest absolute Gasteiger partial charge is 0.109 e. The van der Waals surface area contributed by atoms with Gasteiger partial charge in [-0.15, -0.1) is 15.3 Å². The largest absolute Gasteiger partial charge is 0.390 e. The van der Waals surface area contributed by atoms with E-state index in [4.69, 9.17) is 91.0 Å². The molecule has 3 aromatic rings. The van der Waals surface area contributed by atoms with E-state index >= 15 is 0 Å². The van der Waals surface area contributed by atoms with Crippen molar-refractivity contribution in [2.24, 2.45) is 5.73 Å². The Morgan fingerprint density at radius 3 is 0.854 bits per heavy atom. The first kappa shape index (κ1) is 74.5. The van der Waals surface area contributed by atoms with E-state index in [0.29, 0.717) is 215 Å². The number of hydrogen-bond acceptors (Lipinski definition) is 31. The lowest BCUT2D eigenvalue weighted by atomic mass is 10.0. The molecule has 9 atom stereocenters. The third-order valence-electron chi connectivity index (χ3n) is 13.8. The van der Waals surface area contributed by atoms with Crippen molar-refractivity contribution in [3.63, 3.8) is 0 Å². The predicted molar refractivity (Wildman–Crippen MR) is 305 cm³/mol. The van der Waals surface area contributed by atoms with Gasteiger partial charge in [0.2, 0.25) is 0 Å². The predicted octanol–water partition coefficient (Wildman–Crippen LogP) is -4.16. The highest BCUT2D eigenvalue weighted by Crippen LogP contribution is 2.18. The average molecular weight is 1280 g/mol. The lowest BCUT2D eigenvalue weighted by Gasteiger charge is -2.31. The maximum atomic E-state index is 9.97. The first-order chi connectivity index (χ1) is 43.5. The summed E-state index contributed by atoms with van der Waals surface area (Å²) in [4.78, 5) is 0. The Morgan fingerprint density at radius 2 is 0.596 bits per heavy atom. The van der Waals surface area contributed by atoms with Crippen LogP contribution in [0.5, 0.6) is 0 Å². The number of aliphatic hydroxyl groups excluding tert-OH is 6. The van der Waals surface area contributed by atoms with Gasteiger partial charge in [0.1, 0.15) is 53.7 Å².